The number of allylic oxidation sites excluding steroid dienone is 2. The number of aliphatic hydroxyl groups is 1. The van der Waals surface area contributed by atoms with Gasteiger partial charge < -0.3 is 25.9 Å². The van der Waals surface area contributed by atoms with Crippen LogP contribution in [0.5, 0.6) is 0 Å². The number of hydrogen-bond donors (Lipinski definition) is 4. The third kappa shape index (κ3) is 6.95. The molecule has 37 heavy (non-hydrogen) atoms. The predicted octanol–water partition coefficient (Wildman–Crippen LogP) is 5.75. The Labute approximate surface area is 218 Å². The molecule has 0 amide bonds. The van der Waals surface area contributed by atoms with Crippen molar-refractivity contribution in [2.75, 3.05) is 5.32 Å². The van der Waals surface area contributed by atoms with E-state index in [1.165, 1.54) is 6.34 Å². The number of hydrogen-bond acceptors (Lipinski definition) is 7. The van der Waals surface area contributed by atoms with Gasteiger partial charge in [0.15, 0.2) is 5.58 Å². The fraction of sp³-hybridized carbons (Fsp3) is 0.276. The standard InChI is InChI=1S/C27H30N6O2.C2H6/c1-16-11-17(2)25-24(12-16)33-27(35-25)32-20-7-5-19(6-8-20)23(18(3)26(28)31-15-29-4)14-30-21-9-10-22(34)13-21;1-2/h5-12,14-15,21-22,30,34H,4,13,28H2,1-3H3,(H,32,33);1-2H3/b23-14+,26-18+,31-15-;. The normalized spacial score (nSPS) is 17.9. The van der Waals surface area contributed by atoms with Crippen LogP contribution in [0.2, 0.25) is 0 Å². The van der Waals surface area contributed by atoms with E-state index in [2.05, 4.69) is 38.4 Å². The number of aryl methyl sites for hydroxylation is 2. The van der Waals surface area contributed by atoms with Gasteiger partial charge in [0.2, 0.25) is 0 Å². The lowest BCUT2D eigenvalue weighted by molar-refractivity contribution is 0.216. The molecule has 8 heteroatoms. The number of rotatable bonds is 8. The molecule has 2 unspecified atom stereocenters. The third-order valence-corrected chi connectivity index (χ3v) is 5.84. The second-order valence-electron chi connectivity index (χ2n) is 8.61. The van der Waals surface area contributed by atoms with Crippen molar-refractivity contribution in [1.29, 1.82) is 0 Å². The maximum absolute atomic E-state index is 9.77. The number of aromatic nitrogens is 1. The van der Waals surface area contributed by atoms with E-state index in [-0.39, 0.29) is 6.04 Å². The molecule has 0 radical (unpaired) electrons. The van der Waals surface area contributed by atoms with Crippen molar-refractivity contribution in [3.63, 3.8) is 0 Å². The molecule has 0 saturated heterocycles. The SMILES string of the molecule is C=N\C=N/C(N)=C(C)/C(=C\NC1C=CC(O)C1)c1ccc(Nc2nc3cc(C)cc(C)c3o2)cc1.CC. The summed E-state index contributed by atoms with van der Waals surface area (Å²) in [5, 5.41) is 16.4. The van der Waals surface area contributed by atoms with Crippen LogP contribution in [0.3, 0.4) is 0 Å². The maximum atomic E-state index is 9.77. The Balaban J connectivity index is 0.00000186. The molecular formula is C29H36N6O2. The fourth-order valence-corrected chi connectivity index (χ4v) is 4.03. The Kier molecular flexibility index (Phi) is 9.40. The Morgan fingerprint density at radius 1 is 1.19 bits per heavy atom. The van der Waals surface area contributed by atoms with Gasteiger partial charge in [-0.15, -0.1) is 0 Å². The van der Waals surface area contributed by atoms with E-state index < -0.39 is 6.10 Å². The quantitative estimate of drug-likeness (QED) is 0.135. The Hall–Kier alpha value is -4.17. The molecule has 0 aliphatic heterocycles. The number of nitrogens with one attached hydrogen (secondary N) is 2. The summed E-state index contributed by atoms with van der Waals surface area (Å²) in [4.78, 5) is 12.3. The molecule has 1 aliphatic rings. The van der Waals surface area contributed by atoms with E-state index in [0.29, 0.717) is 18.3 Å². The van der Waals surface area contributed by atoms with Gasteiger partial charge in [-0.2, -0.15) is 4.98 Å². The average molecular weight is 501 g/mol. The predicted molar refractivity (Wildman–Crippen MR) is 154 cm³/mol. The highest BCUT2D eigenvalue weighted by molar-refractivity contribution is 5.81. The highest BCUT2D eigenvalue weighted by Crippen LogP contribution is 2.29. The van der Waals surface area contributed by atoms with Crippen LogP contribution in [0.25, 0.3) is 16.7 Å². The van der Waals surface area contributed by atoms with Gasteiger partial charge in [0.25, 0.3) is 6.01 Å². The van der Waals surface area contributed by atoms with Crippen LogP contribution in [-0.4, -0.2) is 35.3 Å². The second-order valence-corrected chi connectivity index (χ2v) is 8.61. The summed E-state index contributed by atoms with van der Waals surface area (Å²) in [6, 6.07) is 12.4. The summed E-state index contributed by atoms with van der Waals surface area (Å²) in [6.07, 6.45) is 7.15. The molecule has 1 heterocycles. The van der Waals surface area contributed by atoms with Gasteiger partial charge in [0.1, 0.15) is 17.7 Å². The van der Waals surface area contributed by atoms with Crippen LogP contribution in [0.15, 0.2) is 80.5 Å². The summed E-state index contributed by atoms with van der Waals surface area (Å²) >= 11 is 0. The Morgan fingerprint density at radius 2 is 1.92 bits per heavy atom. The van der Waals surface area contributed by atoms with Crippen molar-refractivity contribution in [2.24, 2.45) is 15.7 Å². The first-order chi connectivity index (χ1) is 17.8. The van der Waals surface area contributed by atoms with Gasteiger partial charge in [-0.25, -0.2) is 4.99 Å². The largest absolute Gasteiger partial charge is 0.423 e. The summed E-state index contributed by atoms with van der Waals surface area (Å²) in [5.74, 6) is 0.340. The van der Waals surface area contributed by atoms with Gasteiger partial charge in [-0.05, 0) is 62.4 Å². The van der Waals surface area contributed by atoms with Crippen molar-refractivity contribution in [2.45, 2.75) is 53.2 Å². The lowest BCUT2D eigenvalue weighted by Crippen LogP contribution is -2.22. The number of nitrogens with zero attached hydrogens (tertiary/aromatic N) is 3. The van der Waals surface area contributed by atoms with Crippen LogP contribution >= 0.6 is 0 Å². The van der Waals surface area contributed by atoms with E-state index in [9.17, 15) is 5.11 Å². The Bertz CT molecular complexity index is 1350. The van der Waals surface area contributed by atoms with Crippen LogP contribution in [-0.2, 0) is 0 Å². The lowest BCUT2D eigenvalue weighted by atomic mass is 9.99. The summed E-state index contributed by atoms with van der Waals surface area (Å²) in [7, 11) is 0. The third-order valence-electron chi connectivity index (χ3n) is 5.84. The van der Waals surface area contributed by atoms with Crippen molar-refractivity contribution >= 4 is 41.4 Å². The molecule has 0 saturated carbocycles. The minimum absolute atomic E-state index is 0.0413. The van der Waals surface area contributed by atoms with E-state index in [1.807, 2.05) is 77.2 Å². The molecule has 2 aromatic carbocycles. The summed E-state index contributed by atoms with van der Waals surface area (Å²) in [6.45, 7) is 13.4. The zero-order valence-corrected chi connectivity index (χ0v) is 22.1. The molecule has 0 fully saturated rings. The zero-order chi connectivity index (χ0) is 26.9. The average Bonchev–Trinajstić information content (AvgIpc) is 3.50. The molecule has 2 atom stereocenters. The number of aliphatic hydroxyl groups excluding tert-OH is 1. The van der Waals surface area contributed by atoms with Crippen molar-refractivity contribution in [3.8, 4) is 0 Å². The zero-order valence-electron chi connectivity index (χ0n) is 22.1. The Morgan fingerprint density at radius 3 is 2.57 bits per heavy atom. The number of nitrogens with two attached hydrogens (primary N) is 1. The minimum Gasteiger partial charge on any atom is -0.423 e. The van der Waals surface area contributed by atoms with E-state index in [0.717, 1.165) is 44.6 Å². The lowest BCUT2D eigenvalue weighted by Gasteiger charge is -2.15. The molecule has 0 spiro atoms. The minimum atomic E-state index is -0.431. The van der Waals surface area contributed by atoms with Crippen molar-refractivity contribution in [1.82, 2.24) is 10.3 Å². The van der Waals surface area contributed by atoms with Crippen molar-refractivity contribution in [3.05, 3.63) is 82.8 Å². The smallest absolute Gasteiger partial charge is 0.300 e. The van der Waals surface area contributed by atoms with Crippen LogP contribution in [0, 0.1) is 13.8 Å². The van der Waals surface area contributed by atoms with Gasteiger partial charge in [0.05, 0.1) is 6.10 Å². The monoisotopic (exact) mass is 500 g/mol. The van der Waals surface area contributed by atoms with E-state index in [1.54, 1.807) is 6.08 Å². The molecule has 8 nitrogen and oxygen atoms in total. The van der Waals surface area contributed by atoms with E-state index >= 15 is 0 Å². The topological polar surface area (TPSA) is 121 Å². The first kappa shape index (κ1) is 27.4. The number of aliphatic imine (C=N–C) groups is 2. The number of benzene rings is 2. The molecular weight excluding hydrogens is 464 g/mol. The molecule has 194 valence electrons. The number of anilines is 2. The molecule has 5 N–H and O–H groups in total. The van der Waals surface area contributed by atoms with Gasteiger partial charge in [0, 0.05) is 35.5 Å². The van der Waals surface area contributed by atoms with Crippen LogP contribution in [0.4, 0.5) is 11.7 Å². The summed E-state index contributed by atoms with van der Waals surface area (Å²) in [5.41, 5.74) is 13.4. The first-order valence-electron chi connectivity index (χ1n) is 12.4. The highest BCUT2D eigenvalue weighted by atomic mass is 16.4. The summed E-state index contributed by atoms with van der Waals surface area (Å²) < 4.78 is 5.92. The highest BCUT2D eigenvalue weighted by Gasteiger charge is 2.16. The first-order valence-corrected chi connectivity index (χ1v) is 12.4. The fourth-order valence-electron chi connectivity index (χ4n) is 4.03. The number of oxazole rings is 1. The van der Waals surface area contributed by atoms with E-state index in [4.69, 9.17) is 10.2 Å². The molecule has 0 bridgehead atoms. The molecule has 1 aromatic heterocycles. The molecule has 3 aromatic rings. The maximum Gasteiger partial charge on any atom is 0.300 e. The van der Waals surface area contributed by atoms with Gasteiger partial charge in [-0.3, -0.25) is 4.99 Å². The molecule has 4 rings (SSSR count). The van der Waals surface area contributed by atoms with Crippen molar-refractivity contribution < 1.29 is 9.52 Å². The second kappa shape index (κ2) is 12.7. The van der Waals surface area contributed by atoms with Gasteiger partial charge in [-0.1, -0.05) is 44.2 Å². The van der Waals surface area contributed by atoms with Crippen LogP contribution < -0.4 is 16.4 Å². The molecule has 1 aliphatic carbocycles. The van der Waals surface area contributed by atoms with Crippen LogP contribution in [0.1, 0.15) is 43.9 Å². The van der Waals surface area contributed by atoms with Gasteiger partial charge >= 0.3 is 0 Å². The number of fused-ring (bicyclic) bond motifs is 1.